The van der Waals surface area contributed by atoms with Crippen LogP contribution in [0.5, 0.6) is 5.75 Å². The van der Waals surface area contributed by atoms with Gasteiger partial charge in [-0.3, -0.25) is 0 Å². The normalized spacial score (nSPS) is 14.1. The maximum Gasteiger partial charge on any atom is 0.414 e. The molecule has 0 atom stereocenters. The minimum absolute atomic E-state index is 0.741. The molecule has 0 bridgehead atoms. The molecule has 152 valence electrons. The van der Waals surface area contributed by atoms with Crippen molar-refractivity contribution in [3.05, 3.63) is 29.3 Å². The summed E-state index contributed by atoms with van der Waals surface area (Å²) in [5.74, 6) is -2.77. The van der Waals surface area contributed by atoms with E-state index in [4.69, 9.17) is 36.1 Å². The lowest BCUT2D eigenvalue weighted by Crippen LogP contribution is -2.30. The second-order valence-electron chi connectivity index (χ2n) is 6.59. The first kappa shape index (κ1) is 23.2. The highest BCUT2D eigenvalue weighted by molar-refractivity contribution is 6.30. The van der Waals surface area contributed by atoms with Crippen LogP contribution in [0.25, 0.3) is 0 Å². The molecule has 1 fully saturated rings. The lowest BCUT2D eigenvalue weighted by atomic mass is 10.1. The Morgan fingerprint density at radius 3 is 2.22 bits per heavy atom. The number of nitrogens with zero attached hydrogens (tertiary/aromatic N) is 1. The van der Waals surface area contributed by atoms with Gasteiger partial charge in [0.25, 0.3) is 0 Å². The first-order chi connectivity index (χ1) is 13.0. The van der Waals surface area contributed by atoms with E-state index >= 15 is 0 Å². The van der Waals surface area contributed by atoms with Crippen LogP contribution >= 0.6 is 11.6 Å². The molecule has 1 aromatic rings. The molecular formula is C20H30ClNO5. The van der Waals surface area contributed by atoms with E-state index < -0.39 is 11.9 Å². The largest absolute Gasteiger partial charge is 0.494 e. The molecule has 0 unspecified atom stereocenters. The van der Waals surface area contributed by atoms with Crippen LogP contribution in [0.1, 0.15) is 51.4 Å². The van der Waals surface area contributed by atoms with Crippen molar-refractivity contribution < 1.29 is 24.5 Å². The van der Waals surface area contributed by atoms with Crippen molar-refractivity contribution in [2.45, 2.75) is 51.4 Å². The highest BCUT2D eigenvalue weighted by Gasteiger charge is 2.08. The molecule has 1 aromatic carbocycles. The van der Waals surface area contributed by atoms with Gasteiger partial charge in [-0.15, -0.1) is 0 Å². The van der Waals surface area contributed by atoms with Gasteiger partial charge < -0.3 is 19.8 Å². The Bertz CT molecular complexity index is 549. The van der Waals surface area contributed by atoms with Gasteiger partial charge in [0.2, 0.25) is 0 Å². The molecule has 27 heavy (non-hydrogen) atoms. The van der Waals surface area contributed by atoms with Crippen molar-refractivity contribution in [3.8, 4) is 5.75 Å². The molecule has 1 aliphatic heterocycles. The van der Waals surface area contributed by atoms with Crippen LogP contribution in [0.15, 0.2) is 24.3 Å². The third-order valence-electron chi connectivity index (χ3n) is 4.32. The minimum Gasteiger partial charge on any atom is -0.494 e. The fourth-order valence-corrected chi connectivity index (χ4v) is 3.08. The molecule has 0 saturated carbocycles. The van der Waals surface area contributed by atoms with Crippen molar-refractivity contribution in [3.63, 3.8) is 0 Å². The van der Waals surface area contributed by atoms with Crippen LogP contribution in [-0.2, 0) is 9.59 Å². The number of hydrogen-bond acceptors (Lipinski definition) is 4. The van der Waals surface area contributed by atoms with Gasteiger partial charge in [-0.25, -0.2) is 9.59 Å². The summed E-state index contributed by atoms with van der Waals surface area (Å²) in [6, 6.07) is 7.64. The summed E-state index contributed by atoms with van der Waals surface area (Å²) >= 11 is 5.92. The van der Waals surface area contributed by atoms with E-state index in [1.165, 1.54) is 64.6 Å². The third-order valence-corrected chi connectivity index (χ3v) is 4.55. The number of aliphatic carboxylic acids is 2. The Morgan fingerprint density at radius 1 is 0.963 bits per heavy atom. The zero-order chi connectivity index (χ0) is 19.9. The van der Waals surface area contributed by atoms with E-state index in [1.807, 2.05) is 24.3 Å². The molecule has 0 aliphatic carbocycles. The summed E-state index contributed by atoms with van der Waals surface area (Å²) in [6.45, 7) is 4.76. The lowest BCUT2D eigenvalue weighted by Gasteiger charge is -2.26. The second-order valence-corrected chi connectivity index (χ2v) is 7.02. The van der Waals surface area contributed by atoms with Crippen LogP contribution in [-0.4, -0.2) is 53.3 Å². The van der Waals surface area contributed by atoms with E-state index in [9.17, 15) is 0 Å². The van der Waals surface area contributed by atoms with Crippen LogP contribution in [0.3, 0.4) is 0 Å². The first-order valence-corrected chi connectivity index (χ1v) is 9.94. The fraction of sp³-hybridized carbons (Fsp3) is 0.600. The number of carboxylic acid groups (broad SMARTS) is 2. The van der Waals surface area contributed by atoms with Crippen LogP contribution < -0.4 is 4.74 Å². The molecule has 0 amide bonds. The Morgan fingerprint density at radius 2 is 1.59 bits per heavy atom. The van der Waals surface area contributed by atoms with E-state index in [0.29, 0.717) is 0 Å². The monoisotopic (exact) mass is 399 g/mol. The highest BCUT2D eigenvalue weighted by atomic mass is 35.5. The van der Waals surface area contributed by atoms with Gasteiger partial charge in [-0.2, -0.15) is 0 Å². The number of carboxylic acids is 2. The number of carbonyl (C=O) groups is 2. The van der Waals surface area contributed by atoms with Crippen molar-refractivity contribution in [1.29, 1.82) is 0 Å². The molecule has 6 nitrogen and oxygen atoms in total. The minimum atomic E-state index is -1.82. The number of hydrogen-bond donors (Lipinski definition) is 2. The summed E-state index contributed by atoms with van der Waals surface area (Å²) < 4.78 is 5.70. The van der Waals surface area contributed by atoms with Crippen LogP contribution in [0, 0.1) is 0 Å². The standard InChI is InChI=1S/C18H28ClNO.C2H2O4/c19-17-10-9-11-18(16-17)21-15-8-3-1-2-5-12-20-13-6-4-7-14-20;3-1(4)2(5)6/h9-11,16H,1-8,12-15H2;(H,3,4)(H,5,6). The Kier molecular flexibility index (Phi) is 12.3. The first-order valence-electron chi connectivity index (χ1n) is 9.56. The average molecular weight is 400 g/mol. The Labute approximate surface area is 166 Å². The molecule has 1 aliphatic rings. The second kappa shape index (κ2) is 14.3. The van der Waals surface area contributed by atoms with E-state index in [2.05, 4.69) is 4.90 Å². The summed E-state index contributed by atoms with van der Waals surface area (Å²) in [6.07, 6.45) is 10.7. The van der Waals surface area contributed by atoms with Gasteiger partial charge in [0.1, 0.15) is 5.75 Å². The lowest BCUT2D eigenvalue weighted by molar-refractivity contribution is -0.159. The number of ether oxygens (including phenoxy) is 1. The predicted molar refractivity (Wildman–Crippen MR) is 106 cm³/mol. The van der Waals surface area contributed by atoms with Crippen molar-refractivity contribution in [2.24, 2.45) is 0 Å². The maximum atomic E-state index is 9.10. The number of halogens is 1. The summed E-state index contributed by atoms with van der Waals surface area (Å²) in [5.41, 5.74) is 0. The van der Waals surface area contributed by atoms with Gasteiger partial charge in [0.05, 0.1) is 6.61 Å². The number of rotatable bonds is 9. The van der Waals surface area contributed by atoms with Gasteiger partial charge in [0, 0.05) is 5.02 Å². The molecular weight excluding hydrogens is 370 g/mol. The SMILES string of the molecule is Clc1cccc(OCCCCCCCN2CCCCC2)c1.O=C(O)C(=O)O. The van der Waals surface area contributed by atoms with Crippen molar-refractivity contribution >= 4 is 23.5 Å². The Hall–Kier alpha value is -1.79. The zero-order valence-corrected chi connectivity index (χ0v) is 16.5. The Balaban J connectivity index is 0.000000527. The topological polar surface area (TPSA) is 87.1 Å². The third kappa shape index (κ3) is 12.3. The van der Waals surface area contributed by atoms with Gasteiger partial charge in [0.15, 0.2) is 0 Å². The van der Waals surface area contributed by atoms with Crippen LogP contribution in [0.2, 0.25) is 5.02 Å². The number of piperidine rings is 1. The smallest absolute Gasteiger partial charge is 0.414 e. The number of unbranched alkanes of at least 4 members (excludes halogenated alkanes) is 4. The van der Waals surface area contributed by atoms with Gasteiger partial charge in [-0.1, -0.05) is 43.4 Å². The number of benzene rings is 1. The maximum absolute atomic E-state index is 9.10. The molecule has 0 aromatic heterocycles. The molecule has 0 spiro atoms. The van der Waals surface area contributed by atoms with E-state index in [-0.39, 0.29) is 0 Å². The fourth-order valence-electron chi connectivity index (χ4n) is 2.90. The van der Waals surface area contributed by atoms with Crippen molar-refractivity contribution in [1.82, 2.24) is 4.90 Å². The van der Waals surface area contributed by atoms with Crippen molar-refractivity contribution in [2.75, 3.05) is 26.2 Å². The van der Waals surface area contributed by atoms with E-state index in [1.54, 1.807) is 0 Å². The molecule has 1 saturated heterocycles. The molecule has 7 heteroatoms. The predicted octanol–water partition coefficient (Wildman–Crippen LogP) is 4.31. The zero-order valence-electron chi connectivity index (χ0n) is 15.7. The highest BCUT2D eigenvalue weighted by Crippen LogP contribution is 2.17. The van der Waals surface area contributed by atoms with Crippen LogP contribution in [0.4, 0.5) is 0 Å². The molecule has 2 N–H and O–H groups in total. The van der Waals surface area contributed by atoms with Gasteiger partial charge in [-0.05, 0) is 63.5 Å². The summed E-state index contributed by atoms with van der Waals surface area (Å²) in [7, 11) is 0. The molecule has 2 rings (SSSR count). The quantitative estimate of drug-likeness (QED) is 0.475. The summed E-state index contributed by atoms with van der Waals surface area (Å²) in [4.78, 5) is 20.8. The molecule has 1 heterocycles. The molecule has 0 radical (unpaired) electrons. The number of likely N-dealkylation sites (tertiary alicyclic amines) is 1. The summed E-state index contributed by atoms with van der Waals surface area (Å²) in [5, 5.41) is 15.5. The average Bonchev–Trinajstić information content (AvgIpc) is 2.65. The van der Waals surface area contributed by atoms with E-state index in [0.717, 1.165) is 23.8 Å². The van der Waals surface area contributed by atoms with Gasteiger partial charge >= 0.3 is 11.9 Å².